The van der Waals surface area contributed by atoms with Gasteiger partial charge in [-0.3, -0.25) is 9.59 Å². The third-order valence-electron chi connectivity index (χ3n) is 11.9. The van der Waals surface area contributed by atoms with Gasteiger partial charge in [0.1, 0.15) is 6.61 Å². The predicted octanol–water partition coefficient (Wildman–Crippen LogP) is 18.2. The molecular weight excluding hydrogens is 753 g/mol. The van der Waals surface area contributed by atoms with Crippen LogP contribution in [-0.2, 0) is 23.8 Å². The molecule has 0 amide bonds. The van der Waals surface area contributed by atoms with Crippen molar-refractivity contribution in [1.82, 2.24) is 0 Å². The van der Waals surface area contributed by atoms with Crippen molar-refractivity contribution in [2.45, 2.75) is 290 Å². The van der Waals surface area contributed by atoms with E-state index >= 15 is 0 Å². The van der Waals surface area contributed by atoms with Gasteiger partial charge >= 0.3 is 11.9 Å². The van der Waals surface area contributed by atoms with E-state index in [1.54, 1.807) is 0 Å². The number of carbonyl (C=O) groups excluding carboxylic acids is 2. The van der Waals surface area contributed by atoms with Crippen LogP contribution in [0.1, 0.15) is 284 Å². The molecule has 0 radical (unpaired) electrons. The molecule has 0 heterocycles. The first-order chi connectivity index (χ1) is 30.1. The highest BCUT2D eigenvalue weighted by molar-refractivity contribution is 5.70. The Kier molecular flexibility index (Phi) is 50.8. The van der Waals surface area contributed by atoms with Crippen LogP contribution < -0.4 is 0 Å². The average Bonchev–Trinajstić information content (AvgIpc) is 3.26. The van der Waals surface area contributed by atoms with Crippen molar-refractivity contribution in [2.24, 2.45) is 0 Å². The minimum Gasteiger partial charge on any atom is -0.462 e. The molecule has 0 unspecified atom stereocenters. The van der Waals surface area contributed by atoms with Gasteiger partial charge in [-0.1, -0.05) is 256 Å². The quantitative estimate of drug-likeness (QED) is 0.0346. The molecule has 0 spiro atoms. The lowest BCUT2D eigenvalue weighted by molar-refractivity contribution is -0.163. The van der Waals surface area contributed by atoms with Crippen molar-refractivity contribution in [3.63, 3.8) is 0 Å². The number of rotatable bonds is 50. The molecule has 358 valence electrons. The minimum absolute atomic E-state index is 0.0655. The van der Waals surface area contributed by atoms with Crippen molar-refractivity contribution in [3.05, 3.63) is 36.5 Å². The summed E-state index contributed by atoms with van der Waals surface area (Å²) in [7, 11) is 0. The Labute approximate surface area is 380 Å². The van der Waals surface area contributed by atoms with Gasteiger partial charge in [-0.05, 0) is 51.4 Å². The van der Waals surface area contributed by atoms with E-state index < -0.39 is 6.10 Å². The van der Waals surface area contributed by atoms with E-state index in [0.717, 1.165) is 51.4 Å². The summed E-state index contributed by atoms with van der Waals surface area (Å²) in [5.74, 6) is -0.441. The molecule has 0 aromatic carbocycles. The second-order valence-corrected chi connectivity index (χ2v) is 18.1. The second-order valence-electron chi connectivity index (χ2n) is 18.1. The van der Waals surface area contributed by atoms with Crippen molar-refractivity contribution >= 4 is 11.9 Å². The number of carbonyl (C=O) groups is 2. The number of hydrogen-bond donors (Lipinski definition) is 0. The molecule has 5 heteroatoms. The molecule has 0 aromatic heterocycles. The topological polar surface area (TPSA) is 61.8 Å². The minimum atomic E-state index is -0.549. The largest absolute Gasteiger partial charge is 0.462 e. The van der Waals surface area contributed by atoms with Crippen molar-refractivity contribution in [2.75, 3.05) is 19.8 Å². The molecule has 0 N–H and O–H groups in total. The van der Waals surface area contributed by atoms with Gasteiger partial charge in [-0.2, -0.15) is 0 Å². The summed E-state index contributed by atoms with van der Waals surface area (Å²) < 4.78 is 17.4. The third kappa shape index (κ3) is 50.6. The molecule has 0 aliphatic rings. The zero-order valence-corrected chi connectivity index (χ0v) is 41.2. The van der Waals surface area contributed by atoms with Crippen LogP contribution >= 0.6 is 0 Å². The molecule has 0 aliphatic heterocycles. The Bertz CT molecular complexity index is 970. The van der Waals surface area contributed by atoms with Gasteiger partial charge in [0.2, 0.25) is 0 Å². The predicted molar refractivity (Wildman–Crippen MR) is 265 cm³/mol. The van der Waals surface area contributed by atoms with E-state index in [1.807, 2.05) is 0 Å². The van der Waals surface area contributed by atoms with Gasteiger partial charge in [0, 0.05) is 19.4 Å². The standard InChI is InChI=1S/C56H104O5/c1-4-7-10-13-16-19-22-25-27-29-30-32-35-37-40-43-46-49-55(57)60-53-54(61-56(58)50-47-44-41-38-34-24-21-18-15-12-9-6-3)52-59-51-48-45-42-39-36-33-31-28-26-23-20-17-14-11-8-5-2/h25,27,30,32,37,40,54H,4-24,26,28-29,31,33-36,38-39,41-53H2,1-3H3/b27-25-,32-30-,40-37-/t54-/m1/s1. The van der Waals surface area contributed by atoms with Gasteiger partial charge in [0.05, 0.1) is 6.61 Å². The van der Waals surface area contributed by atoms with Crippen LogP contribution in [0.15, 0.2) is 36.5 Å². The molecule has 1 atom stereocenters. The highest BCUT2D eigenvalue weighted by Crippen LogP contribution is 2.16. The number of esters is 2. The van der Waals surface area contributed by atoms with Crippen molar-refractivity contribution in [1.29, 1.82) is 0 Å². The molecule has 5 nitrogen and oxygen atoms in total. The normalized spacial score (nSPS) is 12.4. The van der Waals surface area contributed by atoms with E-state index in [4.69, 9.17) is 14.2 Å². The second kappa shape index (κ2) is 52.5. The SMILES string of the molecule is CCCCCCCC/C=C\C/C=C\C/C=C\CCCC(=O)OC[C@@H](COCCCCCCCCCCCCCCCCCC)OC(=O)CCCCCCCCCCCCCC. The summed E-state index contributed by atoms with van der Waals surface area (Å²) in [5, 5.41) is 0. The Balaban J connectivity index is 4.28. The highest BCUT2D eigenvalue weighted by atomic mass is 16.6. The number of hydrogen-bond acceptors (Lipinski definition) is 5. The maximum absolute atomic E-state index is 12.8. The van der Waals surface area contributed by atoms with Gasteiger partial charge in [0.25, 0.3) is 0 Å². The lowest BCUT2D eigenvalue weighted by Gasteiger charge is -2.18. The molecule has 0 rings (SSSR count). The first-order valence-electron chi connectivity index (χ1n) is 27.0. The smallest absolute Gasteiger partial charge is 0.306 e. The molecular formula is C56H104O5. The van der Waals surface area contributed by atoms with Gasteiger partial charge < -0.3 is 14.2 Å². The van der Waals surface area contributed by atoms with E-state index in [-0.39, 0.29) is 25.2 Å². The Hall–Kier alpha value is -1.88. The number of allylic oxidation sites excluding steroid dienone is 6. The highest BCUT2D eigenvalue weighted by Gasteiger charge is 2.17. The molecule has 0 aromatic rings. The van der Waals surface area contributed by atoms with E-state index in [9.17, 15) is 9.59 Å². The zero-order chi connectivity index (χ0) is 44.2. The Morgan fingerprint density at radius 1 is 0.361 bits per heavy atom. The molecule has 61 heavy (non-hydrogen) atoms. The first-order valence-corrected chi connectivity index (χ1v) is 27.0. The number of ether oxygens (including phenoxy) is 3. The van der Waals surface area contributed by atoms with Crippen LogP contribution in [0.2, 0.25) is 0 Å². The van der Waals surface area contributed by atoms with E-state index in [0.29, 0.717) is 19.4 Å². The van der Waals surface area contributed by atoms with E-state index in [2.05, 4.69) is 57.2 Å². The van der Waals surface area contributed by atoms with Gasteiger partial charge in [0.15, 0.2) is 6.10 Å². The monoisotopic (exact) mass is 857 g/mol. The van der Waals surface area contributed by atoms with Crippen LogP contribution in [0.3, 0.4) is 0 Å². The lowest BCUT2D eigenvalue weighted by atomic mass is 10.0. The summed E-state index contributed by atoms with van der Waals surface area (Å²) in [5.41, 5.74) is 0. The fraction of sp³-hybridized carbons (Fsp3) is 0.857. The van der Waals surface area contributed by atoms with Crippen LogP contribution in [0.5, 0.6) is 0 Å². The van der Waals surface area contributed by atoms with E-state index in [1.165, 1.54) is 199 Å². The van der Waals surface area contributed by atoms with Gasteiger partial charge in [-0.25, -0.2) is 0 Å². The maximum atomic E-state index is 12.8. The summed E-state index contributed by atoms with van der Waals surface area (Å²) in [6, 6.07) is 0. The summed E-state index contributed by atoms with van der Waals surface area (Å²) in [6.07, 6.45) is 63.0. The number of unbranched alkanes of at least 4 members (excludes halogenated alkanes) is 33. The Morgan fingerprint density at radius 3 is 1.15 bits per heavy atom. The lowest BCUT2D eigenvalue weighted by Crippen LogP contribution is -2.30. The fourth-order valence-electron chi connectivity index (χ4n) is 7.88. The molecule has 0 aliphatic carbocycles. The molecule has 0 saturated heterocycles. The maximum Gasteiger partial charge on any atom is 0.306 e. The summed E-state index contributed by atoms with van der Waals surface area (Å²) in [4.78, 5) is 25.4. The summed E-state index contributed by atoms with van der Waals surface area (Å²) >= 11 is 0. The average molecular weight is 857 g/mol. The van der Waals surface area contributed by atoms with Crippen LogP contribution in [0.25, 0.3) is 0 Å². The molecule has 0 fully saturated rings. The van der Waals surface area contributed by atoms with Crippen LogP contribution in [0, 0.1) is 0 Å². The zero-order valence-electron chi connectivity index (χ0n) is 41.2. The third-order valence-corrected chi connectivity index (χ3v) is 11.9. The van der Waals surface area contributed by atoms with Gasteiger partial charge in [-0.15, -0.1) is 0 Å². The van der Waals surface area contributed by atoms with Crippen molar-refractivity contribution < 1.29 is 23.8 Å². The fourth-order valence-corrected chi connectivity index (χ4v) is 7.88. The first kappa shape index (κ1) is 59.1. The van der Waals surface area contributed by atoms with Crippen LogP contribution in [0.4, 0.5) is 0 Å². The van der Waals surface area contributed by atoms with Crippen molar-refractivity contribution in [3.8, 4) is 0 Å². The summed E-state index contributed by atoms with van der Waals surface area (Å²) in [6.45, 7) is 7.82. The molecule has 0 bridgehead atoms. The Morgan fingerprint density at radius 2 is 0.705 bits per heavy atom. The van der Waals surface area contributed by atoms with Crippen LogP contribution in [-0.4, -0.2) is 37.9 Å². The molecule has 0 saturated carbocycles.